The molecular formula is C22H23N5O2S. The molecule has 2 aliphatic carbocycles. The predicted octanol–water partition coefficient (Wildman–Crippen LogP) is 3.54. The summed E-state index contributed by atoms with van der Waals surface area (Å²) in [7, 11) is 1.61. The maximum absolute atomic E-state index is 12.8. The molecule has 2 aliphatic rings. The molecule has 0 unspecified atom stereocenters. The van der Waals surface area contributed by atoms with Crippen molar-refractivity contribution in [3.63, 3.8) is 0 Å². The number of aromatic nitrogens is 4. The summed E-state index contributed by atoms with van der Waals surface area (Å²) in [6.07, 6.45) is 9.25. The molecule has 1 saturated carbocycles. The number of benzene rings is 1. The molecule has 3 aromatic rings. The van der Waals surface area contributed by atoms with Gasteiger partial charge in [0, 0.05) is 24.2 Å². The highest BCUT2D eigenvalue weighted by molar-refractivity contribution is 7.97. The number of aryl methyl sites for hydroxylation is 1. The summed E-state index contributed by atoms with van der Waals surface area (Å²) in [5, 5.41) is 9.41. The number of methoxy groups -OCH3 is 1. The second kappa shape index (κ2) is 8.10. The first kappa shape index (κ1) is 19.1. The molecule has 0 saturated heterocycles. The van der Waals surface area contributed by atoms with Crippen LogP contribution in [0, 0.1) is 0 Å². The summed E-state index contributed by atoms with van der Waals surface area (Å²) in [5.41, 5.74) is 5.83. The number of carbonyl (C=O) groups excluding carboxylic acids is 1. The van der Waals surface area contributed by atoms with Crippen molar-refractivity contribution in [2.24, 2.45) is 0 Å². The van der Waals surface area contributed by atoms with E-state index in [1.54, 1.807) is 24.3 Å². The third kappa shape index (κ3) is 3.92. The highest BCUT2D eigenvalue weighted by Gasteiger charge is 2.26. The molecule has 30 heavy (non-hydrogen) atoms. The number of amides is 1. The first-order chi connectivity index (χ1) is 14.7. The lowest BCUT2D eigenvalue weighted by molar-refractivity contribution is -0.118. The number of rotatable bonds is 7. The molecule has 1 aromatic carbocycles. The molecule has 0 atom stereocenters. The Morgan fingerprint density at radius 2 is 2.20 bits per heavy atom. The molecule has 2 heterocycles. The van der Waals surface area contributed by atoms with E-state index >= 15 is 0 Å². The largest absolute Gasteiger partial charge is 0.481 e. The molecular weight excluding hydrogens is 398 g/mol. The van der Waals surface area contributed by atoms with Gasteiger partial charge < -0.3 is 4.74 Å². The fourth-order valence-corrected chi connectivity index (χ4v) is 4.51. The lowest BCUT2D eigenvalue weighted by atomic mass is 9.91. The standard InChI is InChI=1S/C22H23N5O2S/c1-29-21-11-15(9-10-23-21)18-8-5-14-3-2-4-17(14)19(18)12-20(28)26-30-22-13-24-27(25-22)16-6-7-16/h5,8-11,13,16H,2-4,6-7,12H2,1H3,(H,26,28). The molecule has 5 rings (SSSR count). The lowest BCUT2D eigenvalue weighted by Gasteiger charge is -2.15. The number of nitrogens with zero attached hydrogens (tertiary/aromatic N) is 4. The quantitative estimate of drug-likeness (QED) is 0.588. The van der Waals surface area contributed by atoms with Crippen molar-refractivity contribution in [2.75, 3.05) is 7.11 Å². The number of fused-ring (bicyclic) bond motifs is 1. The van der Waals surface area contributed by atoms with E-state index in [2.05, 4.69) is 32.0 Å². The van der Waals surface area contributed by atoms with Crippen LogP contribution in [0.25, 0.3) is 11.1 Å². The topological polar surface area (TPSA) is 81.9 Å². The maximum atomic E-state index is 12.8. The number of carbonyl (C=O) groups is 1. The second-order valence-electron chi connectivity index (χ2n) is 7.71. The van der Waals surface area contributed by atoms with Gasteiger partial charge in [-0.15, -0.1) is 5.10 Å². The molecule has 2 aromatic heterocycles. The number of hydrogen-bond donors (Lipinski definition) is 1. The van der Waals surface area contributed by atoms with Crippen LogP contribution in [0.5, 0.6) is 5.88 Å². The van der Waals surface area contributed by atoms with Crippen LogP contribution in [0.15, 0.2) is 41.7 Å². The van der Waals surface area contributed by atoms with Crippen molar-refractivity contribution >= 4 is 17.9 Å². The molecule has 0 spiro atoms. The van der Waals surface area contributed by atoms with E-state index < -0.39 is 0 Å². The first-order valence-electron chi connectivity index (χ1n) is 10.2. The van der Waals surface area contributed by atoms with Crippen LogP contribution in [-0.4, -0.2) is 33.0 Å². The van der Waals surface area contributed by atoms with E-state index in [0.717, 1.165) is 48.8 Å². The first-order valence-corrected chi connectivity index (χ1v) is 11.0. The third-order valence-corrected chi connectivity index (χ3v) is 6.35. The lowest BCUT2D eigenvalue weighted by Crippen LogP contribution is -2.19. The summed E-state index contributed by atoms with van der Waals surface area (Å²) in [4.78, 5) is 18.8. The number of nitrogens with one attached hydrogen (secondary N) is 1. The van der Waals surface area contributed by atoms with E-state index in [4.69, 9.17) is 4.74 Å². The Bertz CT molecular complexity index is 1090. The maximum Gasteiger partial charge on any atom is 0.234 e. The fourth-order valence-electron chi connectivity index (χ4n) is 4.00. The number of ether oxygens (including phenoxy) is 1. The zero-order valence-electron chi connectivity index (χ0n) is 16.8. The van der Waals surface area contributed by atoms with E-state index in [0.29, 0.717) is 23.4 Å². The normalized spacial score (nSPS) is 15.1. The zero-order chi connectivity index (χ0) is 20.5. The summed E-state index contributed by atoms with van der Waals surface area (Å²) in [5.74, 6) is 0.529. The van der Waals surface area contributed by atoms with Gasteiger partial charge in [-0.2, -0.15) is 9.90 Å². The van der Waals surface area contributed by atoms with E-state index in [9.17, 15) is 4.79 Å². The van der Waals surface area contributed by atoms with Crippen LogP contribution in [0.2, 0.25) is 0 Å². The van der Waals surface area contributed by atoms with Crippen LogP contribution in [0.1, 0.15) is 42.0 Å². The Morgan fingerprint density at radius 1 is 1.30 bits per heavy atom. The van der Waals surface area contributed by atoms with Gasteiger partial charge in [0.05, 0.1) is 25.8 Å². The Hall–Kier alpha value is -2.87. The SMILES string of the molecule is COc1cc(-c2ccc3c(c2CC(=O)NSc2cnn(C4CC4)n2)CCC3)ccn1. The van der Waals surface area contributed by atoms with Gasteiger partial charge in [-0.05, 0) is 66.0 Å². The number of hydrogen-bond acceptors (Lipinski definition) is 6. The zero-order valence-corrected chi connectivity index (χ0v) is 17.6. The smallest absolute Gasteiger partial charge is 0.234 e. The van der Waals surface area contributed by atoms with Crippen LogP contribution >= 0.6 is 11.9 Å². The van der Waals surface area contributed by atoms with Gasteiger partial charge in [0.2, 0.25) is 11.8 Å². The Morgan fingerprint density at radius 3 is 3.03 bits per heavy atom. The third-order valence-electron chi connectivity index (χ3n) is 5.62. The van der Waals surface area contributed by atoms with Gasteiger partial charge in [-0.25, -0.2) is 4.98 Å². The summed E-state index contributed by atoms with van der Waals surface area (Å²) in [6, 6.07) is 8.63. The summed E-state index contributed by atoms with van der Waals surface area (Å²) < 4.78 is 8.23. The molecule has 1 fully saturated rings. The molecule has 0 aliphatic heterocycles. The molecule has 0 bridgehead atoms. The van der Waals surface area contributed by atoms with Crippen LogP contribution in [0.4, 0.5) is 0 Å². The van der Waals surface area contributed by atoms with Gasteiger partial charge in [-0.1, -0.05) is 12.1 Å². The van der Waals surface area contributed by atoms with E-state index in [-0.39, 0.29) is 5.91 Å². The van der Waals surface area contributed by atoms with Crippen molar-refractivity contribution in [3.8, 4) is 17.0 Å². The fraction of sp³-hybridized carbons (Fsp3) is 0.364. The van der Waals surface area contributed by atoms with Crippen molar-refractivity contribution in [2.45, 2.75) is 49.6 Å². The van der Waals surface area contributed by atoms with E-state index in [1.165, 1.54) is 23.1 Å². The van der Waals surface area contributed by atoms with E-state index in [1.807, 2.05) is 12.1 Å². The minimum Gasteiger partial charge on any atom is -0.481 e. The Labute approximate surface area is 179 Å². The number of pyridine rings is 1. The van der Waals surface area contributed by atoms with Crippen molar-refractivity contribution in [1.82, 2.24) is 24.7 Å². The van der Waals surface area contributed by atoms with Gasteiger partial charge >= 0.3 is 0 Å². The van der Waals surface area contributed by atoms with Gasteiger partial charge in [0.25, 0.3) is 0 Å². The van der Waals surface area contributed by atoms with Crippen LogP contribution in [0.3, 0.4) is 0 Å². The summed E-state index contributed by atoms with van der Waals surface area (Å²) in [6.45, 7) is 0. The summed E-state index contributed by atoms with van der Waals surface area (Å²) >= 11 is 1.23. The van der Waals surface area contributed by atoms with Gasteiger partial charge in [-0.3, -0.25) is 9.52 Å². The average Bonchev–Trinajstić information content (AvgIpc) is 3.31. The molecule has 8 heteroatoms. The van der Waals surface area contributed by atoms with Crippen LogP contribution in [-0.2, 0) is 24.1 Å². The minimum atomic E-state index is -0.0384. The predicted molar refractivity (Wildman–Crippen MR) is 114 cm³/mol. The molecule has 0 radical (unpaired) electrons. The van der Waals surface area contributed by atoms with Crippen molar-refractivity contribution in [1.29, 1.82) is 0 Å². The van der Waals surface area contributed by atoms with Gasteiger partial charge in [0.15, 0.2) is 5.03 Å². The molecule has 154 valence electrons. The highest BCUT2D eigenvalue weighted by atomic mass is 32.2. The van der Waals surface area contributed by atoms with Gasteiger partial charge in [0.1, 0.15) is 0 Å². The Kier molecular flexibility index (Phi) is 5.16. The van der Waals surface area contributed by atoms with Crippen molar-refractivity contribution in [3.05, 3.63) is 53.3 Å². The second-order valence-corrected chi connectivity index (χ2v) is 8.53. The molecule has 7 nitrogen and oxygen atoms in total. The monoisotopic (exact) mass is 421 g/mol. The van der Waals surface area contributed by atoms with Crippen LogP contribution < -0.4 is 9.46 Å². The van der Waals surface area contributed by atoms with Crippen molar-refractivity contribution < 1.29 is 9.53 Å². The molecule has 1 N–H and O–H groups in total. The Balaban J connectivity index is 1.36. The average molecular weight is 422 g/mol. The molecule has 1 amide bonds. The highest BCUT2D eigenvalue weighted by Crippen LogP contribution is 2.35. The minimum absolute atomic E-state index is 0.0384.